The molecule has 0 aromatic heterocycles. The third-order valence-corrected chi connectivity index (χ3v) is 2.10. The summed E-state index contributed by atoms with van der Waals surface area (Å²) in [6, 6.07) is 17.1. The van der Waals surface area contributed by atoms with E-state index < -0.39 is 4.92 Å². The van der Waals surface area contributed by atoms with Crippen LogP contribution in [0.2, 0.25) is 0 Å². The molecule has 0 aliphatic heterocycles. The van der Waals surface area contributed by atoms with Gasteiger partial charge in [-0.2, -0.15) is 0 Å². The molecule has 0 aliphatic carbocycles. The van der Waals surface area contributed by atoms with Gasteiger partial charge in [0.25, 0.3) is 5.69 Å². The molecule has 1 radical (unpaired) electrons. The lowest BCUT2D eigenvalue weighted by molar-refractivity contribution is -0.385. The van der Waals surface area contributed by atoms with Crippen LogP contribution in [0.1, 0.15) is 0 Å². The molecule has 0 spiro atoms. The quantitative estimate of drug-likeness (QED) is 0.549. The predicted octanol–water partition coefficient (Wildman–Crippen LogP) is 3.06. The molecule has 0 saturated carbocycles. The van der Waals surface area contributed by atoms with Crippen LogP contribution in [0.25, 0.3) is 11.1 Å². The third-order valence-electron chi connectivity index (χ3n) is 2.10. The highest BCUT2D eigenvalue weighted by Gasteiger charge is 2.04. The second-order valence-electron chi connectivity index (χ2n) is 3.09. The summed E-state index contributed by atoms with van der Waals surface area (Å²) in [5, 5.41) is 10.4. The molecule has 0 aliphatic rings. The maximum Gasteiger partial charge on any atom is 0.277 e. The molecule has 15 heavy (non-hydrogen) atoms. The van der Waals surface area contributed by atoms with Crippen LogP contribution in [0.15, 0.2) is 48.5 Å². The molecule has 0 fully saturated rings. The summed E-state index contributed by atoms with van der Waals surface area (Å²) in [4.78, 5) is 9.97. The van der Waals surface area contributed by atoms with Crippen molar-refractivity contribution in [2.24, 2.45) is 0 Å². The summed E-state index contributed by atoms with van der Waals surface area (Å²) in [7, 11) is 0. The van der Waals surface area contributed by atoms with E-state index in [2.05, 4.69) is 6.07 Å². The van der Waals surface area contributed by atoms with Gasteiger partial charge in [-0.05, 0) is 23.3 Å². The third kappa shape index (κ3) is 2.02. The Labute approximate surface area is 87.1 Å². The minimum absolute atomic E-state index is 0.00492. The van der Waals surface area contributed by atoms with Crippen molar-refractivity contribution in [2.45, 2.75) is 0 Å². The molecule has 3 nitrogen and oxygen atoms in total. The maximum atomic E-state index is 10.4. The Kier molecular flexibility index (Phi) is 2.46. The number of nitro benzene ring substituents is 1. The molecule has 3 heteroatoms. The topological polar surface area (TPSA) is 43.1 Å². The zero-order valence-corrected chi connectivity index (χ0v) is 7.88. The fraction of sp³-hybridized carbons (Fsp3) is 0. The van der Waals surface area contributed by atoms with Crippen molar-refractivity contribution in [2.75, 3.05) is 0 Å². The van der Waals surface area contributed by atoms with Crippen LogP contribution in [0.3, 0.4) is 0 Å². The van der Waals surface area contributed by atoms with Crippen molar-refractivity contribution in [3.8, 4) is 11.1 Å². The first-order valence-electron chi connectivity index (χ1n) is 4.49. The summed E-state index contributed by atoms with van der Waals surface area (Å²) < 4.78 is 0. The second-order valence-corrected chi connectivity index (χ2v) is 3.09. The van der Waals surface area contributed by atoms with Gasteiger partial charge >= 0.3 is 0 Å². The first-order valence-corrected chi connectivity index (χ1v) is 4.49. The van der Waals surface area contributed by atoms with Crippen molar-refractivity contribution < 1.29 is 4.92 Å². The van der Waals surface area contributed by atoms with Crippen molar-refractivity contribution in [3.05, 3.63) is 64.7 Å². The number of hydrogen-bond donors (Lipinski definition) is 0. The lowest BCUT2D eigenvalue weighted by Crippen LogP contribution is -1.87. The van der Waals surface area contributed by atoms with Crippen LogP contribution in [0, 0.1) is 16.2 Å². The van der Waals surface area contributed by atoms with E-state index >= 15 is 0 Å². The van der Waals surface area contributed by atoms with Gasteiger partial charge in [-0.1, -0.05) is 30.3 Å². The van der Waals surface area contributed by atoms with Crippen LogP contribution >= 0.6 is 0 Å². The lowest BCUT2D eigenvalue weighted by Gasteiger charge is -1.99. The highest BCUT2D eigenvalue weighted by Crippen LogP contribution is 2.21. The van der Waals surface area contributed by atoms with E-state index in [0.717, 1.165) is 11.1 Å². The smallest absolute Gasteiger partial charge is 0.258 e. The van der Waals surface area contributed by atoms with Gasteiger partial charge in [0, 0.05) is 6.07 Å². The van der Waals surface area contributed by atoms with E-state index in [4.69, 9.17) is 0 Å². The van der Waals surface area contributed by atoms with Gasteiger partial charge in [0.1, 0.15) is 0 Å². The van der Waals surface area contributed by atoms with E-state index in [0.29, 0.717) is 0 Å². The van der Waals surface area contributed by atoms with Crippen LogP contribution in [0.4, 0.5) is 5.69 Å². The van der Waals surface area contributed by atoms with Crippen molar-refractivity contribution in [1.82, 2.24) is 0 Å². The second kappa shape index (κ2) is 3.92. The molecule has 0 amide bonds. The number of non-ortho nitro benzene ring substituents is 1. The SMILES string of the molecule is O=[N+]([O-])c1[c]cc(-c2ccccc2)cc1. The first kappa shape index (κ1) is 9.40. The average molecular weight is 198 g/mol. The summed E-state index contributed by atoms with van der Waals surface area (Å²) in [6.07, 6.45) is 0. The van der Waals surface area contributed by atoms with E-state index in [-0.39, 0.29) is 5.69 Å². The molecule has 0 atom stereocenters. The van der Waals surface area contributed by atoms with Crippen LogP contribution in [-0.2, 0) is 0 Å². The molecule has 0 bridgehead atoms. The number of nitro groups is 1. The molecule has 0 heterocycles. The van der Waals surface area contributed by atoms with Crippen LogP contribution in [-0.4, -0.2) is 4.92 Å². The van der Waals surface area contributed by atoms with Gasteiger partial charge in [0.2, 0.25) is 0 Å². The Balaban J connectivity index is 2.36. The van der Waals surface area contributed by atoms with Crippen molar-refractivity contribution in [1.29, 1.82) is 0 Å². The molecule has 0 N–H and O–H groups in total. The Morgan fingerprint density at radius 3 is 2.27 bits per heavy atom. The van der Waals surface area contributed by atoms with Gasteiger partial charge in [-0.25, -0.2) is 0 Å². The minimum Gasteiger partial charge on any atom is -0.258 e. The standard InChI is InChI=1S/C12H8NO2/c14-13(15)12-8-6-11(7-9-12)10-4-2-1-3-5-10/h1-8H. The van der Waals surface area contributed by atoms with Crippen molar-refractivity contribution in [3.63, 3.8) is 0 Å². The molecular formula is C12H8NO2. The normalized spacial score (nSPS) is 9.87. The van der Waals surface area contributed by atoms with E-state index in [1.807, 2.05) is 30.3 Å². The van der Waals surface area contributed by atoms with Gasteiger partial charge in [0.15, 0.2) is 0 Å². The predicted molar refractivity (Wildman–Crippen MR) is 57.4 cm³/mol. The lowest BCUT2D eigenvalue weighted by atomic mass is 10.1. The number of hydrogen-bond acceptors (Lipinski definition) is 2. The summed E-state index contributed by atoms with van der Waals surface area (Å²) in [5.74, 6) is 0. The molecule has 2 rings (SSSR count). The number of rotatable bonds is 2. The Morgan fingerprint density at radius 1 is 1.00 bits per heavy atom. The van der Waals surface area contributed by atoms with Gasteiger partial charge in [0.05, 0.1) is 11.0 Å². The van der Waals surface area contributed by atoms with E-state index in [1.54, 1.807) is 12.1 Å². The fourth-order valence-electron chi connectivity index (χ4n) is 1.34. The molecule has 0 saturated heterocycles. The summed E-state index contributed by atoms with van der Waals surface area (Å²) in [6.45, 7) is 0. The van der Waals surface area contributed by atoms with E-state index in [1.165, 1.54) is 6.07 Å². The molecule has 2 aromatic carbocycles. The first-order chi connectivity index (χ1) is 7.27. The number of benzene rings is 2. The van der Waals surface area contributed by atoms with Crippen molar-refractivity contribution >= 4 is 5.69 Å². The molecule has 0 unspecified atom stereocenters. The number of nitrogens with zero attached hydrogens (tertiary/aromatic N) is 1. The molecule has 73 valence electrons. The highest BCUT2D eigenvalue weighted by molar-refractivity contribution is 5.64. The monoisotopic (exact) mass is 198 g/mol. The minimum atomic E-state index is -0.450. The van der Waals surface area contributed by atoms with Crippen LogP contribution in [0.5, 0.6) is 0 Å². The highest BCUT2D eigenvalue weighted by atomic mass is 16.6. The summed E-state index contributed by atoms with van der Waals surface area (Å²) >= 11 is 0. The van der Waals surface area contributed by atoms with Gasteiger partial charge in [-0.3, -0.25) is 10.1 Å². The molecular weight excluding hydrogens is 190 g/mol. The zero-order chi connectivity index (χ0) is 10.7. The van der Waals surface area contributed by atoms with Crippen LogP contribution < -0.4 is 0 Å². The fourth-order valence-corrected chi connectivity index (χ4v) is 1.34. The average Bonchev–Trinajstić information content (AvgIpc) is 2.30. The molecule has 2 aromatic rings. The Bertz CT molecular complexity index is 463. The Hall–Kier alpha value is -2.16. The van der Waals surface area contributed by atoms with Gasteiger partial charge < -0.3 is 0 Å². The largest absolute Gasteiger partial charge is 0.277 e. The summed E-state index contributed by atoms with van der Waals surface area (Å²) in [5.41, 5.74) is 1.96. The zero-order valence-electron chi connectivity index (χ0n) is 7.88. The van der Waals surface area contributed by atoms with E-state index in [9.17, 15) is 10.1 Å². The Morgan fingerprint density at radius 2 is 1.73 bits per heavy atom. The maximum absolute atomic E-state index is 10.4. The van der Waals surface area contributed by atoms with Gasteiger partial charge in [-0.15, -0.1) is 0 Å².